The van der Waals surface area contributed by atoms with E-state index in [4.69, 9.17) is 0 Å². The Labute approximate surface area is 163 Å². The number of likely N-dealkylation sites (tertiary alicyclic amines) is 1. The third-order valence-corrected chi connectivity index (χ3v) is 6.09. The van der Waals surface area contributed by atoms with Gasteiger partial charge in [-0.3, -0.25) is 9.59 Å². The fourth-order valence-electron chi connectivity index (χ4n) is 3.61. The molecule has 0 bridgehead atoms. The summed E-state index contributed by atoms with van der Waals surface area (Å²) in [6.07, 6.45) is 2.44. The van der Waals surface area contributed by atoms with E-state index in [1.807, 2.05) is 30.3 Å². The third-order valence-electron chi connectivity index (χ3n) is 5.02. The zero-order valence-electron chi connectivity index (χ0n) is 15.1. The Bertz CT molecular complexity index is 835. The summed E-state index contributed by atoms with van der Waals surface area (Å²) < 4.78 is 0. The number of carbonyl (C=O) groups is 2. The monoisotopic (exact) mass is 381 g/mol. The lowest BCUT2D eigenvalue weighted by Crippen LogP contribution is -2.37. The van der Waals surface area contributed by atoms with Crippen LogP contribution >= 0.6 is 11.8 Å². The van der Waals surface area contributed by atoms with Gasteiger partial charge in [-0.15, -0.1) is 11.8 Å². The van der Waals surface area contributed by atoms with Gasteiger partial charge in [0.2, 0.25) is 5.91 Å². The molecule has 0 aromatic heterocycles. The Hall–Kier alpha value is -2.31. The summed E-state index contributed by atoms with van der Waals surface area (Å²) in [4.78, 5) is 28.0. The minimum absolute atomic E-state index is 0.0266. The van der Waals surface area contributed by atoms with Crippen molar-refractivity contribution in [2.45, 2.75) is 23.8 Å². The molecule has 2 amide bonds. The van der Waals surface area contributed by atoms with E-state index in [1.54, 1.807) is 6.07 Å². The molecule has 2 aromatic rings. The lowest BCUT2D eigenvalue weighted by atomic mass is 10.1. The Kier molecular flexibility index (Phi) is 5.45. The van der Waals surface area contributed by atoms with Crippen molar-refractivity contribution in [3.8, 4) is 0 Å². The maximum Gasteiger partial charge on any atom is 0.251 e. The number of thioether (sulfide) groups is 1. The molecule has 0 saturated carbocycles. The highest BCUT2D eigenvalue weighted by Gasteiger charge is 2.22. The summed E-state index contributed by atoms with van der Waals surface area (Å²) >= 11 is 1.50. The van der Waals surface area contributed by atoms with Crippen LogP contribution in [0.25, 0.3) is 0 Å². The van der Waals surface area contributed by atoms with Crippen LogP contribution < -0.4 is 10.6 Å². The van der Waals surface area contributed by atoms with Crippen molar-refractivity contribution >= 4 is 29.3 Å². The van der Waals surface area contributed by atoms with Crippen molar-refractivity contribution in [2.75, 3.05) is 30.7 Å². The van der Waals surface area contributed by atoms with E-state index in [0.717, 1.165) is 35.8 Å². The Morgan fingerprint density at radius 1 is 1.15 bits per heavy atom. The van der Waals surface area contributed by atoms with E-state index in [1.165, 1.54) is 24.6 Å². The highest BCUT2D eigenvalue weighted by atomic mass is 32.2. The smallest absolute Gasteiger partial charge is 0.251 e. The SMILES string of the molecule is O=C1CSc2ccc(C(=O)NC(CN3CCCC3)c3ccccc3)cc2N1. The number of carbonyl (C=O) groups excluding carboxylic acids is 2. The number of hydrogen-bond acceptors (Lipinski definition) is 4. The van der Waals surface area contributed by atoms with Gasteiger partial charge in [-0.05, 0) is 49.7 Å². The number of fused-ring (bicyclic) bond motifs is 1. The van der Waals surface area contributed by atoms with Crippen LogP contribution in [0.5, 0.6) is 0 Å². The first kappa shape index (κ1) is 18.1. The highest BCUT2D eigenvalue weighted by Crippen LogP contribution is 2.32. The number of anilines is 1. The van der Waals surface area contributed by atoms with Gasteiger partial charge in [0.05, 0.1) is 17.5 Å². The van der Waals surface area contributed by atoms with Crippen LogP contribution in [0.3, 0.4) is 0 Å². The maximum absolute atomic E-state index is 12.9. The maximum atomic E-state index is 12.9. The summed E-state index contributed by atoms with van der Waals surface area (Å²) in [6.45, 7) is 2.98. The minimum atomic E-state index is -0.115. The largest absolute Gasteiger partial charge is 0.344 e. The molecule has 1 unspecified atom stereocenters. The number of hydrogen-bond donors (Lipinski definition) is 2. The van der Waals surface area contributed by atoms with Crippen LogP contribution in [0.15, 0.2) is 53.4 Å². The molecule has 140 valence electrons. The Balaban J connectivity index is 1.52. The Morgan fingerprint density at radius 2 is 1.93 bits per heavy atom. The molecule has 1 saturated heterocycles. The molecular formula is C21H23N3O2S. The van der Waals surface area contributed by atoms with Crippen molar-refractivity contribution < 1.29 is 9.59 Å². The molecule has 4 rings (SSSR count). The van der Waals surface area contributed by atoms with Gasteiger partial charge in [-0.25, -0.2) is 0 Å². The third kappa shape index (κ3) is 4.34. The second-order valence-electron chi connectivity index (χ2n) is 6.99. The van der Waals surface area contributed by atoms with Gasteiger partial charge in [-0.2, -0.15) is 0 Å². The highest BCUT2D eigenvalue weighted by molar-refractivity contribution is 8.00. The number of amides is 2. The van der Waals surface area contributed by atoms with Crippen molar-refractivity contribution in [2.24, 2.45) is 0 Å². The molecule has 27 heavy (non-hydrogen) atoms. The van der Waals surface area contributed by atoms with Crippen LogP contribution in [0.4, 0.5) is 5.69 Å². The number of nitrogens with zero attached hydrogens (tertiary/aromatic N) is 1. The van der Waals surface area contributed by atoms with Gasteiger partial charge in [0.25, 0.3) is 5.91 Å². The predicted octanol–water partition coefficient (Wildman–Crippen LogP) is 3.30. The molecular weight excluding hydrogens is 358 g/mol. The van der Waals surface area contributed by atoms with E-state index < -0.39 is 0 Å². The number of rotatable bonds is 5. The fourth-order valence-corrected chi connectivity index (χ4v) is 4.40. The molecule has 2 aliphatic rings. The van der Waals surface area contributed by atoms with Gasteiger partial charge in [0.1, 0.15) is 0 Å². The van der Waals surface area contributed by atoms with Crippen LogP contribution in [0.2, 0.25) is 0 Å². The fraction of sp³-hybridized carbons (Fsp3) is 0.333. The van der Waals surface area contributed by atoms with Crippen LogP contribution in [-0.4, -0.2) is 42.1 Å². The van der Waals surface area contributed by atoms with Crippen LogP contribution in [-0.2, 0) is 4.79 Å². The first-order chi connectivity index (χ1) is 13.2. The van der Waals surface area contributed by atoms with E-state index in [-0.39, 0.29) is 17.9 Å². The molecule has 5 nitrogen and oxygen atoms in total. The number of nitrogens with one attached hydrogen (secondary N) is 2. The predicted molar refractivity (Wildman–Crippen MR) is 108 cm³/mol. The number of benzene rings is 2. The summed E-state index contributed by atoms with van der Waals surface area (Å²) in [5.41, 5.74) is 2.40. The van der Waals surface area contributed by atoms with Gasteiger partial charge in [-0.1, -0.05) is 30.3 Å². The minimum Gasteiger partial charge on any atom is -0.344 e. The second-order valence-corrected chi connectivity index (χ2v) is 8.01. The van der Waals surface area contributed by atoms with Crippen LogP contribution in [0.1, 0.15) is 34.8 Å². The van der Waals surface area contributed by atoms with E-state index >= 15 is 0 Å². The van der Waals surface area contributed by atoms with Crippen molar-refractivity contribution in [1.29, 1.82) is 0 Å². The topological polar surface area (TPSA) is 61.4 Å². The molecule has 6 heteroatoms. The Morgan fingerprint density at radius 3 is 2.70 bits per heavy atom. The average Bonchev–Trinajstić information content (AvgIpc) is 3.20. The van der Waals surface area contributed by atoms with Crippen molar-refractivity contribution in [3.63, 3.8) is 0 Å². The summed E-state index contributed by atoms with van der Waals surface area (Å²) in [7, 11) is 0. The second kappa shape index (κ2) is 8.15. The lowest BCUT2D eigenvalue weighted by Gasteiger charge is -2.25. The molecule has 0 aliphatic carbocycles. The first-order valence-electron chi connectivity index (χ1n) is 9.34. The van der Waals surface area contributed by atoms with E-state index in [0.29, 0.717) is 11.3 Å². The van der Waals surface area contributed by atoms with Gasteiger partial charge >= 0.3 is 0 Å². The lowest BCUT2D eigenvalue weighted by molar-refractivity contribution is -0.113. The van der Waals surface area contributed by atoms with Crippen molar-refractivity contribution in [1.82, 2.24) is 10.2 Å². The molecule has 1 fully saturated rings. The molecule has 1 atom stereocenters. The summed E-state index contributed by atoms with van der Waals surface area (Å²) in [5.74, 6) is 0.279. The van der Waals surface area contributed by atoms with Gasteiger partial charge < -0.3 is 15.5 Å². The van der Waals surface area contributed by atoms with Gasteiger partial charge in [0.15, 0.2) is 0 Å². The normalized spacial score (nSPS) is 17.9. The van der Waals surface area contributed by atoms with E-state index in [2.05, 4.69) is 27.7 Å². The average molecular weight is 382 g/mol. The molecule has 0 spiro atoms. The molecule has 2 heterocycles. The molecule has 2 aromatic carbocycles. The quantitative estimate of drug-likeness (QED) is 0.834. The van der Waals surface area contributed by atoms with Crippen LogP contribution in [0, 0.1) is 0 Å². The molecule has 2 aliphatic heterocycles. The summed E-state index contributed by atoms with van der Waals surface area (Å²) in [5, 5.41) is 6.05. The standard InChI is InChI=1S/C21H23N3O2S/c25-20-14-27-19-9-8-16(12-17(19)22-20)21(26)23-18(13-24-10-4-5-11-24)15-6-2-1-3-7-15/h1-3,6-9,12,18H,4-5,10-11,13-14H2,(H,22,25)(H,23,26). The van der Waals surface area contributed by atoms with Crippen molar-refractivity contribution in [3.05, 3.63) is 59.7 Å². The zero-order valence-corrected chi connectivity index (χ0v) is 15.9. The molecule has 0 radical (unpaired) electrons. The first-order valence-corrected chi connectivity index (χ1v) is 10.3. The zero-order chi connectivity index (χ0) is 18.6. The summed E-state index contributed by atoms with van der Waals surface area (Å²) in [6, 6.07) is 15.6. The van der Waals surface area contributed by atoms with Gasteiger partial charge in [0, 0.05) is 17.0 Å². The van der Waals surface area contributed by atoms with E-state index in [9.17, 15) is 9.59 Å². The molecule has 2 N–H and O–H groups in total.